The molecule has 5 rings (SSSR count). The van der Waals surface area contributed by atoms with Gasteiger partial charge < -0.3 is 4.90 Å². The standard InChI is InChI=1S/C24H24N6O3S/c1-27-17-21(16-25-27)34(32,33)29-14-12-28(13-15-29)24(31)22-18-30(20-10-6-3-7-11-20)26-23(22)19-8-4-2-5-9-19/h2-11,16-18H,12-15H2,1H3. The fourth-order valence-electron chi connectivity index (χ4n) is 4.04. The smallest absolute Gasteiger partial charge is 0.257 e. The first-order chi connectivity index (χ1) is 16.4. The zero-order valence-corrected chi connectivity index (χ0v) is 19.5. The summed E-state index contributed by atoms with van der Waals surface area (Å²) in [5, 5.41) is 8.68. The van der Waals surface area contributed by atoms with Crippen LogP contribution < -0.4 is 0 Å². The molecule has 0 saturated carbocycles. The quantitative estimate of drug-likeness (QED) is 0.441. The number of sulfonamides is 1. The lowest BCUT2D eigenvalue weighted by molar-refractivity contribution is 0.0698. The Bertz CT molecular complexity index is 1410. The van der Waals surface area contributed by atoms with Gasteiger partial charge in [-0.05, 0) is 12.1 Å². The maximum Gasteiger partial charge on any atom is 0.257 e. The summed E-state index contributed by atoms with van der Waals surface area (Å²) in [6.07, 6.45) is 4.58. The minimum Gasteiger partial charge on any atom is -0.336 e. The molecule has 174 valence electrons. The van der Waals surface area contributed by atoms with Crippen molar-refractivity contribution in [1.29, 1.82) is 0 Å². The van der Waals surface area contributed by atoms with Crippen molar-refractivity contribution >= 4 is 15.9 Å². The molecule has 1 aliphatic heterocycles. The number of nitrogens with zero attached hydrogens (tertiary/aromatic N) is 6. The summed E-state index contributed by atoms with van der Waals surface area (Å²) in [6.45, 7) is 1.03. The summed E-state index contributed by atoms with van der Waals surface area (Å²) < 4.78 is 30.4. The lowest BCUT2D eigenvalue weighted by atomic mass is 10.1. The lowest BCUT2D eigenvalue weighted by Gasteiger charge is -2.33. The molecule has 34 heavy (non-hydrogen) atoms. The number of hydrogen-bond acceptors (Lipinski definition) is 5. The predicted molar refractivity (Wildman–Crippen MR) is 127 cm³/mol. The Hall–Kier alpha value is -3.76. The minimum atomic E-state index is -3.64. The van der Waals surface area contributed by atoms with E-state index in [0.717, 1.165) is 11.3 Å². The highest BCUT2D eigenvalue weighted by Gasteiger charge is 2.32. The number of benzene rings is 2. The van der Waals surface area contributed by atoms with Crippen molar-refractivity contribution in [2.75, 3.05) is 26.2 Å². The van der Waals surface area contributed by atoms with E-state index in [1.165, 1.54) is 21.4 Å². The Morgan fingerprint density at radius 1 is 0.882 bits per heavy atom. The number of hydrogen-bond donors (Lipinski definition) is 0. The Balaban J connectivity index is 1.40. The van der Waals surface area contributed by atoms with Crippen LogP contribution in [-0.2, 0) is 17.1 Å². The van der Waals surface area contributed by atoms with E-state index in [4.69, 9.17) is 5.10 Å². The highest BCUT2D eigenvalue weighted by atomic mass is 32.2. The fourth-order valence-corrected chi connectivity index (χ4v) is 5.44. The van der Waals surface area contributed by atoms with E-state index in [1.807, 2.05) is 60.7 Å². The number of amides is 1. The molecule has 0 radical (unpaired) electrons. The van der Waals surface area contributed by atoms with E-state index < -0.39 is 10.0 Å². The van der Waals surface area contributed by atoms with Crippen LogP contribution in [0.25, 0.3) is 16.9 Å². The van der Waals surface area contributed by atoms with Gasteiger partial charge in [0.05, 0.1) is 17.4 Å². The van der Waals surface area contributed by atoms with Crippen LogP contribution in [0, 0.1) is 0 Å². The van der Waals surface area contributed by atoms with E-state index in [0.29, 0.717) is 24.3 Å². The molecule has 0 spiro atoms. The molecule has 0 N–H and O–H groups in total. The maximum absolute atomic E-state index is 13.6. The SMILES string of the molecule is Cn1cc(S(=O)(=O)N2CCN(C(=O)c3cn(-c4ccccc4)nc3-c3ccccc3)CC2)cn1. The molecule has 0 unspecified atom stereocenters. The number of rotatable bonds is 5. The fraction of sp³-hybridized carbons (Fsp3) is 0.208. The molecule has 9 nitrogen and oxygen atoms in total. The van der Waals surface area contributed by atoms with Crippen molar-refractivity contribution in [3.05, 3.63) is 84.8 Å². The van der Waals surface area contributed by atoms with Crippen LogP contribution in [0.15, 0.2) is 84.1 Å². The highest BCUT2D eigenvalue weighted by molar-refractivity contribution is 7.89. The molecule has 0 atom stereocenters. The van der Waals surface area contributed by atoms with E-state index in [9.17, 15) is 13.2 Å². The van der Waals surface area contributed by atoms with Crippen LogP contribution in [-0.4, -0.2) is 69.3 Å². The second kappa shape index (κ2) is 8.88. The van der Waals surface area contributed by atoms with E-state index >= 15 is 0 Å². The van der Waals surface area contributed by atoms with Gasteiger partial charge in [-0.1, -0.05) is 48.5 Å². The Labute approximate surface area is 197 Å². The van der Waals surface area contributed by atoms with Crippen molar-refractivity contribution in [1.82, 2.24) is 28.8 Å². The van der Waals surface area contributed by atoms with Crippen LogP contribution in [0.5, 0.6) is 0 Å². The van der Waals surface area contributed by atoms with Crippen LogP contribution in [0.4, 0.5) is 0 Å². The van der Waals surface area contributed by atoms with E-state index in [1.54, 1.807) is 22.8 Å². The Kier molecular flexibility index (Phi) is 5.76. The molecule has 3 heterocycles. The Morgan fingerprint density at radius 3 is 2.15 bits per heavy atom. The third-order valence-electron chi connectivity index (χ3n) is 5.86. The van der Waals surface area contributed by atoms with E-state index in [-0.39, 0.29) is 23.9 Å². The monoisotopic (exact) mass is 476 g/mol. The van der Waals surface area contributed by atoms with Gasteiger partial charge in [0.1, 0.15) is 10.6 Å². The number of para-hydroxylation sites is 1. The van der Waals surface area contributed by atoms with Gasteiger partial charge in [0.25, 0.3) is 5.91 Å². The van der Waals surface area contributed by atoms with Gasteiger partial charge in [-0.15, -0.1) is 0 Å². The lowest BCUT2D eigenvalue weighted by Crippen LogP contribution is -2.50. The third-order valence-corrected chi connectivity index (χ3v) is 7.71. The zero-order valence-electron chi connectivity index (χ0n) is 18.7. The van der Waals surface area contributed by atoms with Gasteiger partial charge >= 0.3 is 0 Å². The van der Waals surface area contributed by atoms with Gasteiger partial charge in [0, 0.05) is 51.2 Å². The molecule has 1 saturated heterocycles. The second-order valence-corrected chi connectivity index (χ2v) is 10.0. The average Bonchev–Trinajstić information content (AvgIpc) is 3.52. The molecular formula is C24H24N6O3S. The topological polar surface area (TPSA) is 93.3 Å². The van der Waals surface area contributed by atoms with Crippen molar-refractivity contribution < 1.29 is 13.2 Å². The molecule has 1 aliphatic rings. The first-order valence-corrected chi connectivity index (χ1v) is 12.4. The molecule has 4 aromatic rings. The van der Waals surface area contributed by atoms with Crippen molar-refractivity contribution in [3.63, 3.8) is 0 Å². The molecule has 2 aromatic carbocycles. The molecule has 0 bridgehead atoms. The van der Waals surface area contributed by atoms with Gasteiger partial charge in [-0.3, -0.25) is 9.48 Å². The van der Waals surface area contributed by atoms with Crippen LogP contribution in [0.1, 0.15) is 10.4 Å². The summed E-state index contributed by atoms with van der Waals surface area (Å²) in [6, 6.07) is 19.2. The molecule has 10 heteroatoms. The van der Waals surface area contributed by atoms with Crippen LogP contribution in [0.3, 0.4) is 0 Å². The minimum absolute atomic E-state index is 0.158. The normalized spacial score (nSPS) is 14.9. The van der Waals surface area contributed by atoms with Crippen molar-refractivity contribution in [3.8, 4) is 16.9 Å². The number of aromatic nitrogens is 4. The molecule has 1 fully saturated rings. The van der Waals surface area contributed by atoms with Crippen LogP contribution in [0.2, 0.25) is 0 Å². The third kappa shape index (κ3) is 4.13. The van der Waals surface area contributed by atoms with Gasteiger partial charge in [0.15, 0.2) is 0 Å². The first-order valence-electron chi connectivity index (χ1n) is 10.9. The van der Waals surface area contributed by atoms with E-state index in [2.05, 4.69) is 5.10 Å². The van der Waals surface area contributed by atoms with Gasteiger partial charge in [-0.25, -0.2) is 13.1 Å². The first kappa shape index (κ1) is 22.1. The van der Waals surface area contributed by atoms with Crippen molar-refractivity contribution in [2.24, 2.45) is 7.05 Å². The number of carbonyl (C=O) groups is 1. The average molecular weight is 477 g/mol. The second-order valence-electron chi connectivity index (χ2n) is 8.08. The van der Waals surface area contributed by atoms with Gasteiger partial charge in [-0.2, -0.15) is 14.5 Å². The predicted octanol–water partition coefficient (Wildman–Crippen LogP) is 2.42. The largest absolute Gasteiger partial charge is 0.336 e. The summed E-state index contributed by atoms with van der Waals surface area (Å²) >= 11 is 0. The molecule has 1 amide bonds. The van der Waals surface area contributed by atoms with Crippen molar-refractivity contribution in [2.45, 2.75) is 4.90 Å². The molecular weight excluding hydrogens is 452 g/mol. The zero-order chi connectivity index (χ0) is 23.7. The maximum atomic E-state index is 13.6. The van der Waals surface area contributed by atoms with Gasteiger partial charge in [0.2, 0.25) is 10.0 Å². The number of piperazine rings is 1. The number of carbonyl (C=O) groups excluding carboxylic acids is 1. The molecule has 2 aromatic heterocycles. The summed E-state index contributed by atoms with van der Waals surface area (Å²) in [4.78, 5) is 15.4. The summed E-state index contributed by atoms with van der Waals surface area (Å²) in [5.41, 5.74) is 2.78. The number of aryl methyl sites for hydroxylation is 1. The van der Waals surface area contributed by atoms with Crippen LogP contribution >= 0.6 is 0 Å². The summed E-state index contributed by atoms with van der Waals surface area (Å²) in [7, 11) is -1.97. The molecule has 0 aliphatic carbocycles. The highest BCUT2D eigenvalue weighted by Crippen LogP contribution is 2.26. The Morgan fingerprint density at radius 2 is 1.53 bits per heavy atom. The summed E-state index contributed by atoms with van der Waals surface area (Å²) in [5.74, 6) is -0.167.